The molecule has 2 aromatic carbocycles. The summed E-state index contributed by atoms with van der Waals surface area (Å²) >= 11 is 0. The number of benzene rings is 2. The minimum atomic E-state index is -0.532. The van der Waals surface area contributed by atoms with Gasteiger partial charge in [-0.15, -0.1) is 0 Å². The molecule has 0 spiro atoms. The van der Waals surface area contributed by atoms with Crippen molar-refractivity contribution >= 4 is 28.3 Å². The van der Waals surface area contributed by atoms with Gasteiger partial charge in [-0.25, -0.2) is 0 Å². The van der Waals surface area contributed by atoms with Crippen molar-refractivity contribution in [3.8, 4) is 5.75 Å². The van der Waals surface area contributed by atoms with Crippen molar-refractivity contribution in [3.63, 3.8) is 0 Å². The third kappa shape index (κ3) is 2.91. The molecule has 0 saturated carbocycles. The highest BCUT2D eigenvalue weighted by Crippen LogP contribution is 2.30. The lowest BCUT2D eigenvalue weighted by Gasteiger charge is -2.08. The molecule has 0 aliphatic rings. The van der Waals surface area contributed by atoms with Gasteiger partial charge in [0.15, 0.2) is 5.76 Å². The van der Waals surface area contributed by atoms with Gasteiger partial charge in [-0.05, 0) is 30.7 Å². The van der Waals surface area contributed by atoms with Gasteiger partial charge in [-0.3, -0.25) is 14.9 Å². The molecule has 24 heavy (non-hydrogen) atoms. The molecular weight excluding hydrogens is 312 g/mol. The zero-order valence-electron chi connectivity index (χ0n) is 13.0. The third-order valence-electron chi connectivity index (χ3n) is 3.54. The van der Waals surface area contributed by atoms with Gasteiger partial charge < -0.3 is 14.5 Å². The number of hydrogen-bond acceptors (Lipinski definition) is 5. The van der Waals surface area contributed by atoms with Crippen LogP contribution in [0, 0.1) is 17.0 Å². The lowest BCUT2D eigenvalue weighted by Crippen LogP contribution is -2.11. The summed E-state index contributed by atoms with van der Waals surface area (Å²) in [5.74, 6) is -0.114. The van der Waals surface area contributed by atoms with Crippen molar-refractivity contribution in [3.05, 3.63) is 63.9 Å². The minimum Gasteiger partial charge on any atom is -0.494 e. The zero-order valence-corrected chi connectivity index (χ0v) is 13.0. The Hall–Kier alpha value is -3.35. The Morgan fingerprint density at radius 1 is 1.21 bits per heavy atom. The van der Waals surface area contributed by atoms with Crippen LogP contribution in [0.15, 0.2) is 46.9 Å². The van der Waals surface area contributed by atoms with Crippen LogP contribution in [0.3, 0.4) is 0 Å². The number of nitrogens with one attached hydrogen (secondary N) is 1. The van der Waals surface area contributed by atoms with Crippen LogP contribution in [-0.4, -0.2) is 17.9 Å². The summed E-state index contributed by atoms with van der Waals surface area (Å²) in [5, 5.41) is 14.3. The van der Waals surface area contributed by atoms with Gasteiger partial charge in [0.2, 0.25) is 0 Å². The molecular formula is C17H14N2O5. The molecule has 0 atom stereocenters. The SMILES string of the molecule is COc1cc([N+](=O)[O-])ccc1NC(=O)c1cc2ccc(C)cc2o1. The molecule has 1 N–H and O–H groups in total. The lowest BCUT2D eigenvalue weighted by molar-refractivity contribution is -0.384. The van der Waals surface area contributed by atoms with Crippen LogP contribution in [0.1, 0.15) is 16.1 Å². The summed E-state index contributed by atoms with van der Waals surface area (Å²) in [6, 6.07) is 11.2. The molecule has 0 fully saturated rings. The highest BCUT2D eigenvalue weighted by atomic mass is 16.6. The maximum absolute atomic E-state index is 12.4. The van der Waals surface area contributed by atoms with Crippen molar-refractivity contribution in [2.24, 2.45) is 0 Å². The largest absolute Gasteiger partial charge is 0.494 e. The molecule has 7 nitrogen and oxygen atoms in total. The van der Waals surface area contributed by atoms with Gasteiger partial charge in [-0.2, -0.15) is 0 Å². The number of furan rings is 1. The molecule has 0 bridgehead atoms. The number of fused-ring (bicyclic) bond motifs is 1. The van der Waals surface area contributed by atoms with Crippen LogP contribution >= 0.6 is 0 Å². The van der Waals surface area contributed by atoms with E-state index < -0.39 is 10.8 Å². The molecule has 1 amide bonds. The van der Waals surface area contributed by atoms with Gasteiger partial charge in [-0.1, -0.05) is 12.1 Å². The summed E-state index contributed by atoms with van der Waals surface area (Å²) in [6.45, 7) is 1.93. The van der Waals surface area contributed by atoms with Crippen LogP contribution < -0.4 is 10.1 Å². The Labute approximate surface area is 137 Å². The molecule has 0 saturated heterocycles. The Morgan fingerprint density at radius 2 is 2.00 bits per heavy atom. The van der Waals surface area contributed by atoms with Crippen molar-refractivity contribution in [1.82, 2.24) is 0 Å². The van der Waals surface area contributed by atoms with Gasteiger partial charge in [0.05, 0.1) is 23.8 Å². The van der Waals surface area contributed by atoms with E-state index in [0.717, 1.165) is 10.9 Å². The zero-order chi connectivity index (χ0) is 17.3. The molecule has 0 unspecified atom stereocenters. The highest BCUT2D eigenvalue weighted by Gasteiger charge is 2.17. The average molecular weight is 326 g/mol. The molecule has 7 heteroatoms. The second-order valence-corrected chi connectivity index (χ2v) is 5.25. The summed E-state index contributed by atoms with van der Waals surface area (Å²) in [7, 11) is 1.37. The number of nitro benzene ring substituents is 1. The normalized spacial score (nSPS) is 10.6. The number of nitrogens with zero attached hydrogens (tertiary/aromatic N) is 1. The first-order chi connectivity index (χ1) is 11.5. The Kier molecular flexibility index (Phi) is 3.91. The van der Waals surface area contributed by atoms with E-state index in [9.17, 15) is 14.9 Å². The predicted molar refractivity (Wildman–Crippen MR) is 88.6 cm³/mol. The number of anilines is 1. The average Bonchev–Trinajstić information content (AvgIpc) is 2.98. The van der Waals surface area contributed by atoms with E-state index in [0.29, 0.717) is 11.3 Å². The summed E-state index contributed by atoms with van der Waals surface area (Å²) < 4.78 is 10.7. The van der Waals surface area contributed by atoms with Gasteiger partial charge >= 0.3 is 0 Å². The van der Waals surface area contributed by atoms with E-state index in [1.165, 1.54) is 25.3 Å². The second kappa shape index (κ2) is 6.04. The fourth-order valence-electron chi connectivity index (χ4n) is 2.33. The van der Waals surface area contributed by atoms with Crippen LogP contribution in [0.2, 0.25) is 0 Å². The molecule has 1 aromatic heterocycles. The first-order valence-corrected chi connectivity index (χ1v) is 7.12. The topological polar surface area (TPSA) is 94.6 Å². The smallest absolute Gasteiger partial charge is 0.291 e. The standard InChI is InChI=1S/C17H14N2O5/c1-10-3-4-11-8-16(24-14(11)7-10)17(20)18-13-6-5-12(19(21)22)9-15(13)23-2/h3-9H,1-2H3,(H,18,20). The number of carbonyl (C=O) groups is 1. The summed E-state index contributed by atoms with van der Waals surface area (Å²) in [5.41, 5.74) is 1.85. The second-order valence-electron chi connectivity index (χ2n) is 5.25. The van der Waals surface area contributed by atoms with Crippen molar-refractivity contribution in [2.75, 3.05) is 12.4 Å². The van der Waals surface area contributed by atoms with Crippen LogP contribution in [0.4, 0.5) is 11.4 Å². The van der Waals surface area contributed by atoms with Gasteiger partial charge in [0.25, 0.3) is 11.6 Å². The fraction of sp³-hybridized carbons (Fsp3) is 0.118. The molecule has 0 aliphatic heterocycles. The molecule has 0 aliphatic carbocycles. The van der Waals surface area contributed by atoms with Crippen LogP contribution in [-0.2, 0) is 0 Å². The van der Waals surface area contributed by atoms with Crippen molar-refractivity contribution in [2.45, 2.75) is 6.92 Å². The maximum Gasteiger partial charge on any atom is 0.291 e. The van der Waals surface area contributed by atoms with E-state index >= 15 is 0 Å². The summed E-state index contributed by atoms with van der Waals surface area (Å²) in [4.78, 5) is 22.6. The number of carbonyl (C=O) groups excluding carboxylic acids is 1. The lowest BCUT2D eigenvalue weighted by atomic mass is 10.2. The van der Waals surface area contributed by atoms with Crippen LogP contribution in [0.25, 0.3) is 11.0 Å². The number of aryl methyl sites for hydroxylation is 1. The van der Waals surface area contributed by atoms with E-state index in [1.807, 2.05) is 25.1 Å². The van der Waals surface area contributed by atoms with E-state index in [4.69, 9.17) is 9.15 Å². The number of ether oxygens (including phenoxy) is 1. The molecule has 0 radical (unpaired) electrons. The van der Waals surface area contributed by atoms with Gasteiger partial charge in [0, 0.05) is 11.5 Å². The van der Waals surface area contributed by atoms with Crippen molar-refractivity contribution < 1.29 is 18.9 Å². The number of hydrogen-bond donors (Lipinski definition) is 1. The van der Waals surface area contributed by atoms with Crippen molar-refractivity contribution in [1.29, 1.82) is 0 Å². The first-order valence-electron chi connectivity index (χ1n) is 7.12. The molecule has 1 heterocycles. The quantitative estimate of drug-likeness (QED) is 0.579. The fourth-order valence-corrected chi connectivity index (χ4v) is 2.33. The number of amides is 1. The van der Waals surface area contributed by atoms with E-state index in [-0.39, 0.29) is 17.2 Å². The van der Waals surface area contributed by atoms with E-state index in [2.05, 4.69) is 5.32 Å². The van der Waals surface area contributed by atoms with Gasteiger partial charge in [0.1, 0.15) is 11.3 Å². The molecule has 122 valence electrons. The van der Waals surface area contributed by atoms with E-state index in [1.54, 1.807) is 6.07 Å². The number of methoxy groups -OCH3 is 1. The molecule has 3 aromatic rings. The monoisotopic (exact) mass is 326 g/mol. The van der Waals surface area contributed by atoms with Crippen LogP contribution in [0.5, 0.6) is 5.75 Å². The Balaban J connectivity index is 1.89. The molecule has 3 rings (SSSR count). The number of rotatable bonds is 4. The number of nitro groups is 1. The Morgan fingerprint density at radius 3 is 2.71 bits per heavy atom. The maximum atomic E-state index is 12.4. The number of non-ortho nitro benzene ring substituents is 1. The highest BCUT2D eigenvalue weighted by molar-refractivity contribution is 6.05. The Bertz CT molecular complexity index is 945. The summed E-state index contributed by atoms with van der Waals surface area (Å²) in [6.07, 6.45) is 0. The predicted octanol–water partition coefficient (Wildman–Crippen LogP) is 3.91. The third-order valence-corrected chi connectivity index (χ3v) is 3.54. The minimum absolute atomic E-state index is 0.121. The first kappa shape index (κ1) is 15.5.